The van der Waals surface area contributed by atoms with Gasteiger partial charge in [-0.15, -0.1) is 10.2 Å². The maximum Gasteiger partial charge on any atom is 0.396 e. The van der Waals surface area contributed by atoms with Gasteiger partial charge in [-0.05, 0) is 18.3 Å². The molecule has 0 aliphatic heterocycles. The van der Waals surface area contributed by atoms with E-state index in [4.69, 9.17) is 4.42 Å². The number of ether oxygens (including phenoxy) is 1. The molecule has 1 aliphatic rings. The summed E-state index contributed by atoms with van der Waals surface area (Å²) in [5.74, 6) is 0.179. The Morgan fingerprint density at radius 1 is 1.41 bits per heavy atom. The van der Waals surface area contributed by atoms with Crippen molar-refractivity contribution in [1.29, 1.82) is 0 Å². The summed E-state index contributed by atoms with van der Waals surface area (Å²) in [6, 6.07) is 0. The summed E-state index contributed by atoms with van der Waals surface area (Å²) >= 11 is 0. The first-order valence-corrected chi connectivity index (χ1v) is 5.96. The number of aromatic nitrogens is 2. The fourth-order valence-electron chi connectivity index (χ4n) is 2.50. The van der Waals surface area contributed by atoms with Crippen molar-refractivity contribution in [1.82, 2.24) is 10.2 Å². The minimum absolute atomic E-state index is 0.0520. The second kappa shape index (κ2) is 4.47. The number of carbonyl (C=O) groups excluding carboxylic acids is 1. The van der Waals surface area contributed by atoms with E-state index in [2.05, 4.69) is 28.8 Å². The van der Waals surface area contributed by atoms with Crippen molar-refractivity contribution in [3.63, 3.8) is 0 Å². The van der Waals surface area contributed by atoms with E-state index >= 15 is 0 Å². The van der Waals surface area contributed by atoms with Gasteiger partial charge in [-0.2, -0.15) is 0 Å². The summed E-state index contributed by atoms with van der Waals surface area (Å²) in [4.78, 5) is 11.3. The van der Waals surface area contributed by atoms with Gasteiger partial charge in [0.05, 0.1) is 7.11 Å². The normalized spacial score (nSPS) is 23.4. The van der Waals surface area contributed by atoms with Crippen molar-refractivity contribution >= 4 is 5.97 Å². The third kappa shape index (κ3) is 2.33. The number of esters is 1. The molecule has 0 spiro atoms. The Kier molecular flexibility index (Phi) is 3.17. The van der Waals surface area contributed by atoms with Crippen LogP contribution in [0, 0.1) is 5.41 Å². The fourth-order valence-corrected chi connectivity index (χ4v) is 2.50. The first kappa shape index (κ1) is 12.1. The number of methoxy groups -OCH3 is 1. The Morgan fingerprint density at radius 2 is 2.18 bits per heavy atom. The minimum atomic E-state index is -0.572. The molecule has 1 aliphatic carbocycles. The molecule has 1 heterocycles. The molecule has 17 heavy (non-hydrogen) atoms. The van der Waals surface area contributed by atoms with Gasteiger partial charge in [-0.25, -0.2) is 4.79 Å². The van der Waals surface area contributed by atoms with Crippen LogP contribution in [0.15, 0.2) is 4.42 Å². The van der Waals surface area contributed by atoms with Crippen molar-refractivity contribution in [3.8, 4) is 0 Å². The van der Waals surface area contributed by atoms with Gasteiger partial charge in [0.15, 0.2) is 0 Å². The molecule has 1 atom stereocenters. The lowest BCUT2D eigenvalue weighted by Crippen LogP contribution is -2.26. The van der Waals surface area contributed by atoms with Gasteiger partial charge in [-0.3, -0.25) is 0 Å². The average Bonchev–Trinajstić information content (AvgIpc) is 2.76. The molecule has 0 N–H and O–H groups in total. The fraction of sp³-hybridized carbons (Fsp3) is 0.750. The molecule has 1 aromatic rings. The highest BCUT2D eigenvalue weighted by Crippen LogP contribution is 2.46. The van der Waals surface area contributed by atoms with Crippen molar-refractivity contribution in [2.45, 2.75) is 45.4 Å². The zero-order valence-electron chi connectivity index (χ0n) is 10.5. The van der Waals surface area contributed by atoms with Crippen LogP contribution in [0.4, 0.5) is 0 Å². The first-order chi connectivity index (χ1) is 8.04. The van der Waals surface area contributed by atoms with Crippen molar-refractivity contribution in [3.05, 3.63) is 11.8 Å². The van der Waals surface area contributed by atoms with E-state index in [0.717, 1.165) is 12.8 Å². The SMILES string of the molecule is COC(=O)c1nnc(C2CCCCC2(C)C)o1. The Balaban J connectivity index is 2.21. The third-order valence-corrected chi connectivity index (χ3v) is 3.61. The monoisotopic (exact) mass is 238 g/mol. The predicted molar refractivity (Wildman–Crippen MR) is 60.6 cm³/mol. The maximum absolute atomic E-state index is 11.3. The maximum atomic E-state index is 11.3. The highest BCUT2D eigenvalue weighted by molar-refractivity contribution is 5.83. The third-order valence-electron chi connectivity index (χ3n) is 3.61. The van der Waals surface area contributed by atoms with Gasteiger partial charge in [-0.1, -0.05) is 26.7 Å². The van der Waals surface area contributed by atoms with Gasteiger partial charge in [0.25, 0.3) is 0 Å². The molecular weight excluding hydrogens is 220 g/mol. The quantitative estimate of drug-likeness (QED) is 0.741. The second-order valence-corrected chi connectivity index (χ2v) is 5.22. The molecular formula is C12H18N2O3. The average molecular weight is 238 g/mol. The molecule has 1 saturated carbocycles. The van der Waals surface area contributed by atoms with E-state index < -0.39 is 5.97 Å². The number of hydrogen-bond acceptors (Lipinski definition) is 5. The van der Waals surface area contributed by atoms with Crippen LogP contribution < -0.4 is 0 Å². The number of hydrogen-bond donors (Lipinski definition) is 0. The Morgan fingerprint density at radius 3 is 2.82 bits per heavy atom. The summed E-state index contributed by atoms with van der Waals surface area (Å²) in [6.07, 6.45) is 4.59. The topological polar surface area (TPSA) is 65.2 Å². The molecule has 0 aromatic carbocycles. The molecule has 0 bridgehead atoms. The molecule has 0 saturated heterocycles. The van der Waals surface area contributed by atoms with Crippen LogP contribution in [-0.2, 0) is 4.74 Å². The lowest BCUT2D eigenvalue weighted by molar-refractivity contribution is 0.0549. The largest absolute Gasteiger partial charge is 0.462 e. The summed E-state index contributed by atoms with van der Waals surface area (Å²) in [5.41, 5.74) is 0.151. The summed E-state index contributed by atoms with van der Waals surface area (Å²) in [6.45, 7) is 4.41. The minimum Gasteiger partial charge on any atom is -0.462 e. The van der Waals surface area contributed by atoms with Crippen LogP contribution in [0.3, 0.4) is 0 Å². The van der Waals surface area contributed by atoms with Crippen LogP contribution in [0.5, 0.6) is 0 Å². The molecule has 1 aromatic heterocycles. The van der Waals surface area contributed by atoms with Crippen molar-refractivity contribution < 1.29 is 13.9 Å². The Labute approximate surface area is 101 Å². The van der Waals surface area contributed by atoms with Gasteiger partial charge in [0.2, 0.25) is 5.89 Å². The molecule has 0 radical (unpaired) electrons. The molecule has 1 fully saturated rings. The van der Waals surface area contributed by atoms with E-state index in [-0.39, 0.29) is 17.2 Å². The summed E-state index contributed by atoms with van der Waals surface area (Å²) in [5, 5.41) is 7.72. The van der Waals surface area contributed by atoms with E-state index in [1.54, 1.807) is 0 Å². The molecule has 2 rings (SSSR count). The van der Waals surface area contributed by atoms with E-state index in [1.165, 1.54) is 20.0 Å². The predicted octanol–water partition coefficient (Wildman–Crippen LogP) is 2.54. The Bertz CT molecular complexity index is 412. The second-order valence-electron chi connectivity index (χ2n) is 5.22. The zero-order valence-corrected chi connectivity index (χ0v) is 10.5. The van der Waals surface area contributed by atoms with Crippen LogP contribution in [0.2, 0.25) is 0 Å². The van der Waals surface area contributed by atoms with E-state index in [9.17, 15) is 4.79 Å². The summed E-state index contributed by atoms with van der Waals surface area (Å²) < 4.78 is 9.97. The van der Waals surface area contributed by atoms with E-state index in [1.807, 2.05) is 0 Å². The molecule has 5 heteroatoms. The van der Waals surface area contributed by atoms with Crippen LogP contribution in [0.1, 0.15) is 62.0 Å². The standard InChI is InChI=1S/C12H18N2O3/c1-12(2)7-5-4-6-8(12)9-13-14-10(17-9)11(15)16-3/h8H,4-7H2,1-3H3. The van der Waals surface area contributed by atoms with Crippen LogP contribution in [0.25, 0.3) is 0 Å². The lowest BCUT2D eigenvalue weighted by Gasteiger charge is -2.36. The lowest BCUT2D eigenvalue weighted by atomic mass is 9.69. The molecule has 1 unspecified atom stereocenters. The van der Waals surface area contributed by atoms with Gasteiger partial charge in [0, 0.05) is 5.92 Å². The van der Waals surface area contributed by atoms with E-state index in [0.29, 0.717) is 5.89 Å². The molecule has 5 nitrogen and oxygen atoms in total. The van der Waals surface area contributed by atoms with Crippen LogP contribution in [-0.4, -0.2) is 23.3 Å². The highest BCUT2D eigenvalue weighted by Gasteiger charge is 2.37. The summed E-state index contributed by atoms with van der Waals surface area (Å²) in [7, 11) is 1.30. The number of nitrogens with zero attached hydrogens (tertiary/aromatic N) is 2. The van der Waals surface area contributed by atoms with Crippen molar-refractivity contribution in [2.24, 2.45) is 5.41 Å². The number of rotatable bonds is 2. The first-order valence-electron chi connectivity index (χ1n) is 5.96. The molecule has 94 valence electrons. The van der Waals surface area contributed by atoms with Gasteiger partial charge < -0.3 is 9.15 Å². The van der Waals surface area contributed by atoms with Gasteiger partial charge >= 0.3 is 11.9 Å². The molecule has 0 amide bonds. The van der Waals surface area contributed by atoms with Crippen LogP contribution >= 0.6 is 0 Å². The smallest absolute Gasteiger partial charge is 0.396 e. The van der Waals surface area contributed by atoms with Gasteiger partial charge in [0.1, 0.15) is 0 Å². The van der Waals surface area contributed by atoms with Crippen molar-refractivity contribution in [2.75, 3.05) is 7.11 Å². The Hall–Kier alpha value is -1.39. The number of carbonyl (C=O) groups is 1. The zero-order chi connectivity index (χ0) is 12.5. The highest BCUT2D eigenvalue weighted by atomic mass is 16.5.